The Kier molecular flexibility index (Phi) is 14.8. The molecule has 1 aromatic heterocycles. The summed E-state index contributed by atoms with van der Waals surface area (Å²) in [6.07, 6.45) is 10.3. The highest BCUT2D eigenvalue weighted by Crippen LogP contribution is 2.40. The van der Waals surface area contributed by atoms with Gasteiger partial charge in [-0.05, 0) is 116 Å². The molecule has 2 aliphatic rings. The molecule has 0 spiro atoms. The molecular formula is C41H61NO6S. The summed E-state index contributed by atoms with van der Waals surface area (Å²) in [6.45, 7) is 17.5. The van der Waals surface area contributed by atoms with E-state index in [1.807, 2.05) is 71.2 Å². The standard InChI is InChI=1S/C41H61NO6S/c1-28(20-21-35(43)30(3)25-33-27-49-31(4)42-33)15-14-16-29(2)38(47-37-19-12-13-23-45-37)34(26-32-17-10-9-11-18-32)39(44)40(5,6)36-22-24-46-41(7,8)48-36/h9-11,17-18,20,25,27,29,34-38,43H,12-16,19,21-24,26H2,1-8H3/b28-20+,30-25+/t29-,34?,35-,36-,37?,38+/m0/s1. The average molecular weight is 696 g/mol. The number of carbonyl (C=O) groups excluding carboxylic acids is 1. The highest BCUT2D eigenvalue weighted by molar-refractivity contribution is 7.09. The van der Waals surface area contributed by atoms with E-state index in [0.717, 1.165) is 60.4 Å². The number of ether oxygens (including phenoxy) is 4. The molecule has 3 heterocycles. The van der Waals surface area contributed by atoms with E-state index in [-0.39, 0.29) is 36.1 Å². The second-order valence-electron chi connectivity index (χ2n) is 15.3. The van der Waals surface area contributed by atoms with Gasteiger partial charge in [0.2, 0.25) is 0 Å². The first-order valence-electron chi connectivity index (χ1n) is 18.4. The quantitative estimate of drug-likeness (QED) is 0.165. The van der Waals surface area contributed by atoms with Crippen molar-refractivity contribution in [2.75, 3.05) is 13.2 Å². The molecule has 2 aromatic rings. The fourth-order valence-corrected chi connectivity index (χ4v) is 7.65. The zero-order chi connectivity index (χ0) is 35.6. The molecular weight excluding hydrogens is 635 g/mol. The first-order valence-corrected chi connectivity index (χ1v) is 19.2. The van der Waals surface area contributed by atoms with Gasteiger partial charge >= 0.3 is 0 Å². The molecule has 4 rings (SSSR count). The molecule has 2 saturated heterocycles. The van der Waals surface area contributed by atoms with Gasteiger partial charge in [-0.25, -0.2) is 4.98 Å². The number of benzene rings is 1. The summed E-state index contributed by atoms with van der Waals surface area (Å²) >= 11 is 1.62. The maximum Gasteiger partial charge on any atom is 0.163 e. The van der Waals surface area contributed by atoms with Crippen LogP contribution >= 0.6 is 11.3 Å². The minimum absolute atomic E-state index is 0.121. The van der Waals surface area contributed by atoms with E-state index in [0.29, 0.717) is 32.5 Å². The summed E-state index contributed by atoms with van der Waals surface area (Å²) in [5.41, 5.74) is 3.47. The number of ketones is 1. The number of Topliss-reactive ketones (excluding diaryl/α,β-unsaturated/α-hetero) is 1. The van der Waals surface area contributed by atoms with E-state index in [9.17, 15) is 9.90 Å². The summed E-state index contributed by atoms with van der Waals surface area (Å²) in [7, 11) is 0. The topological polar surface area (TPSA) is 87.1 Å². The van der Waals surface area contributed by atoms with Gasteiger partial charge in [-0.15, -0.1) is 11.3 Å². The molecule has 0 aliphatic carbocycles. The van der Waals surface area contributed by atoms with Crippen molar-refractivity contribution in [2.45, 2.75) is 144 Å². The zero-order valence-electron chi connectivity index (χ0n) is 31.2. The number of carbonyl (C=O) groups is 1. The van der Waals surface area contributed by atoms with Crippen molar-refractivity contribution in [3.8, 4) is 0 Å². The Labute approximate surface area is 299 Å². The third-order valence-electron chi connectivity index (χ3n) is 10.2. The lowest BCUT2D eigenvalue weighted by atomic mass is 9.70. The monoisotopic (exact) mass is 695 g/mol. The predicted molar refractivity (Wildman–Crippen MR) is 198 cm³/mol. The number of thiazole rings is 1. The van der Waals surface area contributed by atoms with E-state index in [1.165, 1.54) is 5.57 Å². The van der Waals surface area contributed by atoms with Gasteiger partial charge < -0.3 is 24.1 Å². The van der Waals surface area contributed by atoms with Crippen molar-refractivity contribution in [3.63, 3.8) is 0 Å². The van der Waals surface area contributed by atoms with Crippen LogP contribution in [0.3, 0.4) is 0 Å². The van der Waals surface area contributed by atoms with Gasteiger partial charge in [0.25, 0.3) is 0 Å². The molecule has 0 radical (unpaired) electrons. The van der Waals surface area contributed by atoms with Crippen LogP contribution in [0, 0.1) is 24.2 Å². The highest BCUT2D eigenvalue weighted by Gasteiger charge is 2.48. The third kappa shape index (κ3) is 11.9. The Bertz CT molecular complexity index is 1380. The number of rotatable bonds is 17. The van der Waals surface area contributed by atoms with Crippen molar-refractivity contribution in [2.24, 2.45) is 17.3 Å². The molecule has 2 aliphatic heterocycles. The van der Waals surface area contributed by atoms with Gasteiger partial charge in [-0.2, -0.15) is 0 Å². The van der Waals surface area contributed by atoms with E-state index in [4.69, 9.17) is 18.9 Å². The predicted octanol–water partition coefficient (Wildman–Crippen LogP) is 9.27. The van der Waals surface area contributed by atoms with Gasteiger partial charge in [0.1, 0.15) is 5.78 Å². The SMILES string of the molecule is C/C(=C\C[C@H](O)/C(C)=C/c1csc(C)n1)CCC[C@H](C)[C@@H](OC1CCCCO1)C(Cc1ccccc1)C(=O)C(C)(C)[C@@H]1CCOC(C)(C)O1. The van der Waals surface area contributed by atoms with Crippen LogP contribution in [0.25, 0.3) is 6.08 Å². The number of nitrogens with zero attached hydrogens (tertiary/aromatic N) is 1. The van der Waals surface area contributed by atoms with Gasteiger partial charge in [-0.3, -0.25) is 4.79 Å². The molecule has 2 unspecified atom stereocenters. The smallest absolute Gasteiger partial charge is 0.163 e. The summed E-state index contributed by atoms with van der Waals surface area (Å²) in [4.78, 5) is 19.4. The van der Waals surface area contributed by atoms with Gasteiger partial charge in [0, 0.05) is 17.9 Å². The van der Waals surface area contributed by atoms with E-state index in [1.54, 1.807) is 11.3 Å². The molecule has 8 heteroatoms. The van der Waals surface area contributed by atoms with Gasteiger partial charge in [0.15, 0.2) is 12.1 Å². The molecule has 2 fully saturated rings. The zero-order valence-corrected chi connectivity index (χ0v) is 32.0. The van der Waals surface area contributed by atoms with Crippen molar-refractivity contribution in [1.29, 1.82) is 0 Å². The largest absolute Gasteiger partial charge is 0.388 e. The molecule has 0 saturated carbocycles. The average Bonchev–Trinajstić information content (AvgIpc) is 3.49. The van der Waals surface area contributed by atoms with E-state index < -0.39 is 17.3 Å². The minimum Gasteiger partial charge on any atom is -0.388 e. The fourth-order valence-electron chi connectivity index (χ4n) is 7.08. The lowest BCUT2D eigenvalue weighted by molar-refractivity contribution is -0.289. The molecule has 0 amide bonds. The number of aliphatic hydroxyl groups excluding tert-OH is 1. The maximum absolute atomic E-state index is 14.9. The summed E-state index contributed by atoms with van der Waals surface area (Å²) in [5, 5.41) is 13.8. The van der Waals surface area contributed by atoms with Crippen LogP contribution in [0.5, 0.6) is 0 Å². The second-order valence-corrected chi connectivity index (χ2v) is 16.3. The summed E-state index contributed by atoms with van der Waals surface area (Å²) in [5.74, 6) is -0.801. The second kappa shape index (κ2) is 18.3. The highest BCUT2D eigenvalue weighted by atomic mass is 32.1. The lowest BCUT2D eigenvalue weighted by Crippen LogP contribution is -2.53. The van der Waals surface area contributed by atoms with Crippen molar-refractivity contribution < 1.29 is 28.8 Å². The first kappa shape index (κ1) is 39.6. The fraction of sp³-hybridized carbons (Fsp3) is 0.659. The maximum atomic E-state index is 14.9. The molecule has 0 bridgehead atoms. The number of aromatic nitrogens is 1. The Morgan fingerprint density at radius 3 is 2.57 bits per heavy atom. The third-order valence-corrected chi connectivity index (χ3v) is 11.0. The van der Waals surface area contributed by atoms with Gasteiger partial charge in [0.05, 0.1) is 41.0 Å². The first-order chi connectivity index (χ1) is 23.2. The van der Waals surface area contributed by atoms with Gasteiger partial charge in [-0.1, -0.05) is 62.8 Å². The Hall–Kier alpha value is -2.20. The summed E-state index contributed by atoms with van der Waals surface area (Å²) < 4.78 is 25.2. The van der Waals surface area contributed by atoms with Crippen LogP contribution in [0.15, 0.2) is 52.9 Å². The van der Waals surface area contributed by atoms with Crippen molar-refractivity contribution in [3.05, 3.63) is 69.2 Å². The number of allylic oxidation sites excluding steroid dienone is 1. The molecule has 7 nitrogen and oxygen atoms in total. The normalized spacial score (nSPS) is 23.1. The molecule has 6 atom stereocenters. The van der Waals surface area contributed by atoms with Crippen LogP contribution in [0.1, 0.15) is 116 Å². The van der Waals surface area contributed by atoms with Crippen LogP contribution in [-0.2, 0) is 30.2 Å². The molecule has 272 valence electrons. The van der Waals surface area contributed by atoms with Crippen molar-refractivity contribution in [1.82, 2.24) is 4.98 Å². The minimum atomic E-state index is -0.736. The van der Waals surface area contributed by atoms with Crippen LogP contribution < -0.4 is 0 Å². The Morgan fingerprint density at radius 2 is 1.92 bits per heavy atom. The number of hydrogen-bond acceptors (Lipinski definition) is 8. The van der Waals surface area contributed by atoms with E-state index in [2.05, 4.69) is 37.0 Å². The lowest BCUT2D eigenvalue weighted by Gasteiger charge is -2.45. The molecule has 1 aromatic carbocycles. The molecule has 1 N–H and O–H groups in total. The number of aliphatic hydroxyl groups is 1. The summed E-state index contributed by atoms with van der Waals surface area (Å²) in [6, 6.07) is 10.3. The number of hydrogen-bond donors (Lipinski definition) is 1. The Morgan fingerprint density at radius 1 is 1.16 bits per heavy atom. The molecule has 49 heavy (non-hydrogen) atoms. The van der Waals surface area contributed by atoms with Crippen molar-refractivity contribution >= 4 is 23.2 Å². The van der Waals surface area contributed by atoms with Crippen LogP contribution in [0.4, 0.5) is 0 Å². The number of aryl methyl sites for hydroxylation is 1. The van der Waals surface area contributed by atoms with E-state index >= 15 is 0 Å². The van der Waals surface area contributed by atoms with Crippen LogP contribution in [0.2, 0.25) is 0 Å². The Balaban J connectivity index is 1.49. The van der Waals surface area contributed by atoms with Crippen LogP contribution in [-0.4, -0.2) is 59.5 Å².